The Morgan fingerprint density at radius 3 is 2.60 bits per heavy atom. The topological polar surface area (TPSA) is 103 Å². The van der Waals surface area contributed by atoms with Gasteiger partial charge in [0.1, 0.15) is 0 Å². The minimum absolute atomic E-state index is 0.0821. The van der Waals surface area contributed by atoms with Crippen LogP contribution in [0.25, 0.3) is 10.8 Å². The molecule has 2 heterocycles. The maximum absolute atomic E-state index is 12.6. The molecule has 0 aliphatic rings. The Labute approximate surface area is 173 Å². The Bertz CT molecular complexity index is 1150. The molecule has 8 nitrogen and oxygen atoms in total. The van der Waals surface area contributed by atoms with Crippen molar-refractivity contribution >= 4 is 22.5 Å². The monoisotopic (exact) mass is 411 g/mol. The largest absolute Gasteiger partial charge is 0.457 e. The molecule has 0 radical (unpaired) electrons. The first kappa shape index (κ1) is 21.4. The molecule has 3 rings (SSSR count). The second kappa shape index (κ2) is 9.04. The van der Waals surface area contributed by atoms with Crippen molar-refractivity contribution in [1.82, 2.24) is 14.8 Å². The number of carbonyl (C=O) groups excluding carboxylic acids is 2. The van der Waals surface area contributed by atoms with Crippen LogP contribution in [0.1, 0.15) is 40.4 Å². The highest BCUT2D eigenvalue weighted by Crippen LogP contribution is 2.21. The normalized spacial score (nSPS) is 12.1. The summed E-state index contributed by atoms with van der Waals surface area (Å²) in [6.45, 7) is 5.97. The van der Waals surface area contributed by atoms with Crippen LogP contribution in [-0.2, 0) is 20.7 Å². The summed E-state index contributed by atoms with van der Waals surface area (Å²) in [6.07, 6.45) is -0.144. The Kier molecular flexibility index (Phi) is 6.47. The van der Waals surface area contributed by atoms with Crippen molar-refractivity contribution in [3.8, 4) is 0 Å². The summed E-state index contributed by atoms with van der Waals surface area (Å²) in [5.41, 5.74) is 2.35. The summed E-state index contributed by atoms with van der Waals surface area (Å²) in [4.78, 5) is 36.8. The SMILES string of the molecule is COC[C@H](C)n1c(C)cc(C(=O)COC(=O)Cc2n[nH]c(=O)c3ccccc23)c1C. The summed E-state index contributed by atoms with van der Waals surface area (Å²) in [7, 11) is 1.64. The van der Waals surface area contributed by atoms with Crippen molar-refractivity contribution in [1.29, 1.82) is 0 Å². The van der Waals surface area contributed by atoms with Crippen LogP contribution in [0.4, 0.5) is 0 Å². The number of benzene rings is 1. The fourth-order valence-corrected chi connectivity index (χ4v) is 3.77. The first-order valence-electron chi connectivity index (χ1n) is 9.66. The van der Waals surface area contributed by atoms with Crippen LogP contribution in [0.2, 0.25) is 0 Å². The number of nitrogens with one attached hydrogen (secondary N) is 1. The van der Waals surface area contributed by atoms with Gasteiger partial charge in [0.25, 0.3) is 5.56 Å². The molecular weight excluding hydrogens is 386 g/mol. The van der Waals surface area contributed by atoms with Crippen molar-refractivity contribution in [2.75, 3.05) is 20.3 Å². The number of Topliss-reactive ketones (excluding diaryl/α,β-unsaturated/α-hetero) is 1. The number of methoxy groups -OCH3 is 1. The summed E-state index contributed by atoms with van der Waals surface area (Å²) in [6, 6.07) is 8.77. The summed E-state index contributed by atoms with van der Waals surface area (Å²) in [5.74, 6) is -0.860. The average molecular weight is 411 g/mol. The van der Waals surface area contributed by atoms with Gasteiger partial charge in [-0.2, -0.15) is 5.10 Å². The fourth-order valence-electron chi connectivity index (χ4n) is 3.77. The van der Waals surface area contributed by atoms with Crippen LogP contribution in [0.5, 0.6) is 0 Å². The molecule has 0 aliphatic heterocycles. The molecule has 0 spiro atoms. The van der Waals surface area contributed by atoms with Crippen molar-refractivity contribution in [2.45, 2.75) is 33.2 Å². The molecular formula is C22H25N3O5. The highest BCUT2D eigenvalue weighted by atomic mass is 16.5. The van der Waals surface area contributed by atoms with E-state index in [-0.39, 0.29) is 30.4 Å². The molecule has 30 heavy (non-hydrogen) atoms. The first-order chi connectivity index (χ1) is 14.3. The van der Waals surface area contributed by atoms with E-state index in [4.69, 9.17) is 9.47 Å². The predicted molar refractivity (Wildman–Crippen MR) is 112 cm³/mol. The fraction of sp³-hybridized carbons (Fsp3) is 0.364. The van der Waals surface area contributed by atoms with Gasteiger partial charge in [0.05, 0.1) is 30.1 Å². The van der Waals surface area contributed by atoms with E-state index in [2.05, 4.69) is 10.2 Å². The Balaban J connectivity index is 1.69. The number of hydrogen-bond donors (Lipinski definition) is 1. The number of fused-ring (bicyclic) bond motifs is 1. The molecule has 2 aromatic heterocycles. The number of aryl methyl sites for hydroxylation is 1. The third kappa shape index (κ3) is 4.33. The van der Waals surface area contributed by atoms with Crippen molar-refractivity contribution < 1.29 is 19.1 Å². The molecule has 1 aromatic carbocycles. The van der Waals surface area contributed by atoms with E-state index in [1.165, 1.54) is 0 Å². The number of H-pyrrole nitrogens is 1. The number of esters is 1. The number of ketones is 1. The summed E-state index contributed by atoms with van der Waals surface area (Å²) in [5, 5.41) is 7.37. The number of hydrogen-bond acceptors (Lipinski definition) is 6. The van der Waals surface area contributed by atoms with E-state index in [1.54, 1.807) is 37.4 Å². The lowest BCUT2D eigenvalue weighted by Crippen LogP contribution is -2.19. The van der Waals surface area contributed by atoms with Gasteiger partial charge in [-0.1, -0.05) is 18.2 Å². The van der Waals surface area contributed by atoms with Gasteiger partial charge in [0, 0.05) is 29.4 Å². The number of nitrogens with zero attached hydrogens (tertiary/aromatic N) is 2. The molecule has 1 N–H and O–H groups in total. The maximum atomic E-state index is 12.6. The molecule has 0 bridgehead atoms. The number of rotatable bonds is 8. The molecule has 0 amide bonds. The third-order valence-electron chi connectivity index (χ3n) is 5.08. The Hall–Kier alpha value is -3.26. The Morgan fingerprint density at radius 2 is 1.90 bits per heavy atom. The van der Waals surface area contributed by atoms with Gasteiger partial charge in [0.2, 0.25) is 5.78 Å². The van der Waals surface area contributed by atoms with Crippen molar-refractivity contribution in [3.63, 3.8) is 0 Å². The van der Waals surface area contributed by atoms with Crippen molar-refractivity contribution in [2.24, 2.45) is 0 Å². The maximum Gasteiger partial charge on any atom is 0.312 e. The molecule has 0 aliphatic carbocycles. The van der Waals surface area contributed by atoms with E-state index < -0.39 is 5.97 Å². The van der Waals surface area contributed by atoms with Crippen molar-refractivity contribution in [3.05, 3.63) is 63.3 Å². The lowest BCUT2D eigenvalue weighted by Gasteiger charge is -2.17. The molecule has 0 unspecified atom stereocenters. The number of carbonyl (C=O) groups is 2. The van der Waals surface area contributed by atoms with Gasteiger partial charge < -0.3 is 14.0 Å². The summed E-state index contributed by atoms with van der Waals surface area (Å²) >= 11 is 0. The van der Waals surface area contributed by atoms with Crippen LogP contribution in [-0.4, -0.2) is 46.8 Å². The molecule has 158 valence electrons. The van der Waals surface area contributed by atoms with Gasteiger partial charge in [-0.05, 0) is 32.9 Å². The van der Waals surface area contributed by atoms with E-state index in [1.807, 2.05) is 25.3 Å². The van der Waals surface area contributed by atoms with Gasteiger partial charge in [0.15, 0.2) is 6.61 Å². The lowest BCUT2D eigenvalue weighted by atomic mass is 10.1. The molecule has 0 saturated heterocycles. The summed E-state index contributed by atoms with van der Waals surface area (Å²) < 4.78 is 12.4. The number of aromatic nitrogens is 3. The minimum atomic E-state index is -0.588. The zero-order chi connectivity index (χ0) is 21.8. The standard InChI is InChI=1S/C22H25N3O5/c1-13-9-18(15(3)25(13)14(2)11-29-4)20(26)12-30-21(27)10-19-16-7-5-6-8-17(16)22(28)24-23-19/h5-9,14H,10-12H2,1-4H3,(H,24,28)/t14-/m0/s1. The zero-order valence-electron chi connectivity index (χ0n) is 17.5. The van der Waals surface area contributed by atoms with Gasteiger partial charge in [-0.15, -0.1) is 0 Å². The third-order valence-corrected chi connectivity index (χ3v) is 5.08. The second-order valence-electron chi connectivity index (χ2n) is 7.26. The quantitative estimate of drug-likeness (QED) is 0.451. The highest BCUT2D eigenvalue weighted by Gasteiger charge is 2.20. The van der Waals surface area contributed by atoms with Crippen LogP contribution >= 0.6 is 0 Å². The first-order valence-corrected chi connectivity index (χ1v) is 9.66. The predicted octanol–water partition coefficient (Wildman–Crippen LogP) is 2.52. The van der Waals surface area contributed by atoms with Gasteiger partial charge in [-0.3, -0.25) is 14.4 Å². The number of ether oxygens (including phenoxy) is 2. The lowest BCUT2D eigenvalue weighted by molar-refractivity contribution is -0.141. The van der Waals surface area contributed by atoms with E-state index >= 15 is 0 Å². The smallest absolute Gasteiger partial charge is 0.312 e. The molecule has 0 fully saturated rings. The van der Waals surface area contributed by atoms with E-state index in [9.17, 15) is 14.4 Å². The van der Waals surface area contributed by atoms with Crippen LogP contribution < -0.4 is 5.56 Å². The van der Waals surface area contributed by atoms with E-state index in [0.717, 1.165) is 11.4 Å². The van der Waals surface area contributed by atoms with Gasteiger partial charge in [-0.25, -0.2) is 5.10 Å². The Morgan fingerprint density at radius 1 is 1.20 bits per heavy atom. The second-order valence-corrected chi connectivity index (χ2v) is 7.26. The molecule has 1 atom stereocenters. The average Bonchev–Trinajstić information content (AvgIpc) is 3.03. The van der Waals surface area contributed by atoms with Crippen LogP contribution in [0.15, 0.2) is 35.1 Å². The molecule has 8 heteroatoms. The molecule has 3 aromatic rings. The van der Waals surface area contributed by atoms with Crippen LogP contribution in [0.3, 0.4) is 0 Å². The number of aromatic amines is 1. The van der Waals surface area contributed by atoms with Crippen LogP contribution in [0, 0.1) is 13.8 Å². The minimum Gasteiger partial charge on any atom is -0.457 e. The van der Waals surface area contributed by atoms with Gasteiger partial charge >= 0.3 is 5.97 Å². The molecule has 0 saturated carbocycles. The van der Waals surface area contributed by atoms with E-state index in [0.29, 0.717) is 28.6 Å². The highest BCUT2D eigenvalue weighted by molar-refractivity contribution is 5.99. The zero-order valence-corrected chi connectivity index (χ0v) is 17.5.